The van der Waals surface area contributed by atoms with Crippen molar-refractivity contribution < 1.29 is 4.79 Å². The van der Waals surface area contributed by atoms with E-state index in [1.165, 1.54) is 24.0 Å². The molecule has 188 valence electrons. The SMILES string of the molecule is CC(C)NC(=O)c1cnc(Nc2ccc3c(c2)CNCC32CC2)cc1Nc1ccnc(C(C)(C)C)c1. The van der Waals surface area contributed by atoms with Gasteiger partial charge in [-0.15, -0.1) is 0 Å². The number of aromatic nitrogens is 2. The van der Waals surface area contributed by atoms with Crippen molar-refractivity contribution >= 4 is 28.8 Å². The maximum atomic E-state index is 13.0. The minimum Gasteiger partial charge on any atom is -0.355 e. The Kier molecular flexibility index (Phi) is 6.20. The van der Waals surface area contributed by atoms with Crippen LogP contribution in [0.2, 0.25) is 0 Å². The summed E-state index contributed by atoms with van der Waals surface area (Å²) in [6.07, 6.45) is 5.96. The number of carbonyl (C=O) groups is 1. The van der Waals surface area contributed by atoms with Crippen molar-refractivity contribution in [2.75, 3.05) is 17.2 Å². The number of anilines is 4. The lowest BCUT2D eigenvalue weighted by Gasteiger charge is -2.26. The molecule has 0 bridgehead atoms. The Morgan fingerprint density at radius 3 is 2.53 bits per heavy atom. The fraction of sp³-hybridized carbons (Fsp3) is 0.414. The van der Waals surface area contributed by atoms with E-state index in [0.717, 1.165) is 30.2 Å². The predicted octanol–water partition coefficient (Wildman–Crippen LogP) is 5.53. The molecule has 1 fully saturated rings. The van der Waals surface area contributed by atoms with Gasteiger partial charge in [0.1, 0.15) is 5.82 Å². The Morgan fingerprint density at radius 1 is 1.03 bits per heavy atom. The largest absolute Gasteiger partial charge is 0.355 e. The summed E-state index contributed by atoms with van der Waals surface area (Å²) in [4.78, 5) is 22.1. The first kappa shape index (κ1) is 24.3. The molecule has 1 amide bonds. The minimum atomic E-state index is -0.161. The van der Waals surface area contributed by atoms with E-state index in [9.17, 15) is 4.79 Å². The first-order valence-electron chi connectivity index (χ1n) is 12.8. The molecule has 0 radical (unpaired) electrons. The Morgan fingerprint density at radius 2 is 1.81 bits per heavy atom. The van der Waals surface area contributed by atoms with Gasteiger partial charge in [-0.2, -0.15) is 0 Å². The Hall–Kier alpha value is -3.45. The van der Waals surface area contributed by atoms with Crippen LogP contribution in [0.1, 0.15) is 74.6 Å². The minimum absolute atomic E-state index is 0.0236. The number of hydrogen-bond acceptors (Lipinski definition) is 6. The molecule has 1 aromatic carbocycles. The zero-order valence-corrected chi connectivity index (χ0v) is 21.8. The first-order valence-corrected chi connectivity index (χ1v) is 12.8. The van der Waals surface area contributed by atoms with E-state index in [1.807, 2.05) is 32.0 Å². The molecule has 2 aliphatic rings. The predicted molar refractivity (Wildman–Crippen MR) is 145 cm³/mol. The number of fused-ring (bicyclic) bond motifs is 2. The molecule has 2 aromatic heterocycles. The van der Waals surface area contributed by atoms with Gasteiger partial charge in [0.2, 0.25) is 0 Å². The third-order valence-corrected chi connectivity index (χ3v) is 6.96. The van der Waals surface area contributed by atoms with E-state index in [4.69, 9.17) is 0 Å². The summed E-state index contributed by atoms with van der Waals surface area (Å²) in [6.45, 7) is 12.3. The molecular weight excluding hydrogens is 448 g/mol. The summed E-state index contributed by atoms with van der Waals surface area (Å²) < 4.78 is 0. The molecule has 4 N–H and O–H groups in total. The second-order valence-corrected chi connectivity index (χ2v) is 11.4. The van der Waals surface area contributed by atoms with Crippen LogP contribution in [0.15, 0.2) is 48.8 Å². The van der Waals surface area contributed by atoms with Gasteiger partial charge in [0.05, 0.1) is 11.3 Å². The highest BCUT2D eigenvalue weighted by molar-refractivity contribution is 6.00. The van der Waals surface area contributed by atoms with Crippen LogP contribution in [0.25, 0.3) is 0 Å². The smallest absolute Gasteiger partial charge is 0.255 e. The molecular formula is C29H36N6O. The van der Waals surface area contributed by atoms with Gasteiger partial charge < -0.3 is 21.3 Å². The zero-order chi connectivity index (χ0) is 25.5. The molecule has 1 saturated carbocycles. The van der Waals surface area contributed by atoms with Gasteiger partial charge in [-0.1, -0.05) is 26.8 Å². The van der Waals surface area contributed by atoms with Crippen LogP contribution >= 0.6 is 0 Å². The number of amides is 1. The fourth-order valence-electron chi connectivity index (χ4n) is 4.83. The average Bonchev–Trinajstić information content (AvgIpc) is 3.58. The summed E-state index contributed by atoms with van der Waals surface area (Å²) in [6, 6.07) is 12.5. The molecule has 0 unspecified atom stereocenters. The van der Waals surface area contributed by atoms with Gasteiger partial charge in [-0.3, -0.25) is 9.78 Å². The second kappa shape index (κ2) is 9.21. The highest BCUT2D eigenvalue weighted by Crippen LogP contribution is 2.50. The monoisotopic (exact) mass is 484 g/mol. The second-order valence-electron chi connectivity index (χ2n) is 11.4. The number of hydrogen-bond donors (Lipinski definition) is 4. The van der Waals surface area contributed by atoms with E-state index in [0.29, 0.717) is 22.5 Å². The summed E-state index contributed by atoms with van der Waals surface area (Å²) >= 11 is 0. The van der Waals surface area contributed by atoms with Gasteiger partial charge in [0.25, 0.3) is 5.91 Å². The fourth-order valence-corrected chi connectivity index (χ4v) is 4.83. The van der Waals surface area contributed by atoms with Crippen molar-refractivity contribution in [1.82, 2.24) is 20.6 Å². The molecule has 1 aliphatic heterocycles. The normalized spacial score (nSPS) is 15.9. The molecule has 0 atom stereocenters. The highest BCUT2D eigenvalue weighted by atomic mass is 16.1. The van der Waals surface area contributed by atoms with Crippen molar-refractivity contribution in [2.24, 2.45) is 0 Å². The van der Waals surface area contributed by atoms with E-state index >= 15 is 0 Å². The van der Waals surface area contributed by atoms with Crippen LogP contribution < -0.4 is 21.3 Å². The Balaban J connectivity index is 1.44. The lowest BCUT2D eigenvalue weighted by Crippen LogP contribution is -2.33. The molecule has 3 aromatic rings. The van der Waals surface area contributed by atoms with Gasteiger partial charge >= 0.3 is 0 Å². The summed E-state index contributed by atoms with van der Waals surface area (Å²) in [7, 11) is 0. The van der Waals surface area contributed by atoms with Gasteiger partial charge in [0.15, 0.2) is 0 Å². The van der Waals surface area contributed by atoms with Gasteiger partial charge in [0, 0.05) is 65.5 Å². The molecule has 5 rings (SSSR count). The topological polar surface area (TPSA) is 91.0 Å². The number of nitrogens with zero attached hydrogens (tertiary/aromatic N) is 2. The Labute approximate surface area is 213 Å². The van der Waals surface area contributed by atoms with E-state index in [2.05, 4.69) is 70.2 Å². The van der Waals surface area contributed by atoms with Gasteiger partial charge in [-0.25, -0.2) is 4.98 Å². The van der Waals surface area contributed by atoms with E-state index < -0.39 is 0 Å². The quantitative estimate of drug-likeness (QED) is 0.368. The lowest BCUT2D eigenvalue weighted by atomic mass is 9.88. The molecule has 0 saturated heterocycles. The van der Waals surface area contributed by atoms with Crippen LogP contribution in [0, 0.1) is 0 Å². The van der Waals surface area contributed by atoms with Crippen molar-refractivity contribution in [1.29, 1.82) is 0 Å². The average molecular weight is 485 g/mol. The van der Waals surface area contributed by atoms with E-state index in [1.54, 1.807) is 12.4 Å². The van der Waals surface area contributed by atoms with Gasteiger partial charge in [-0.05, 0) is 62.1 Å². The molecule has 1 spiro atoms. The summed E-state index contributed by atoms with van der Waals surface area (Å²) in [5, 5.41) is 13.4. The maximum absolute atomic E-state index is 13.0. The maximum Gasteiger partial charge on any atom is 0.255 e. The zero-order valence-electron chi connectivity index (χ0n) is 21.8. The van der Waals surface area contributed by atoms with Crippen molar-refractivity contribution in [3.63, 3.8) is 0 Å². The molecule has 1 aliphatic carbocycles. The van der Waals surface area contributed by atoms with Crippen LogP contribution in [-0.4, -0.2) is 28.5 Å². The number of rotatable bonds is 6. The van der Waals surface area contributed by atoms with Crippen LogP contribution in [-0.2, 0) is 17.4 Å². The number of carbonyl (C=O) groups excluding carboxylic acids is 1. The van der Waals surface area contributed by atoms with Crippen LogP contribution in [0.3, 0.4) is 0 Å². The van der Waals surface area contributed by atoms with E-state index in [-0.39, 0.29) is 17.4 Å². The number of benzene rings is 1. The summed E-state index contributed by atoms with van der Waals surface area (Å²) in [5.74, 6) is 0.514. The van der Waals surface area contributed by atoms with Crippen LogP contribution in [0.4, 0.5) is 22.9 Å². The molecule has 7 heteroatoms. The molecule has 3 heterocycles. The third kappa shape index (κ3) is 5.07. The highest BCUT2D eigenvalue weighted by Gasteiger charge is 2.46. The third-order valence-electron chi connectivity index (χ3n) is 6.96. The summed E-state index contributed by atoms with van der Waals surface area (Å²) in [5.41, 5.74) is 7.12. The number of nitrogens with one attached hydrogen (secondary N) is 4. The first-order chi connectivity index (χ1) is 17.1. The lowest BCUT2D eigenvalue weighted by molar-refractivity contribution is 0.0943. The van der Waals surface area contributed by atoms with Crippen molar-refractivity contribution in [2.45, 2.75) is 70.9 Å². The van der Waals surface area contributed by atoms with Crippen LogP contribution in [0.5, 0.6) is 0 Å². The number of pyridine rings is 2. The van der Waals surface area contributed by atoms with Crippen molar-refractivity contribution in [3.05, 3.63) is 71.2 Å². The Bertz CT molecular complexity index is 1290. The standard InChI is InChI=1S/C29H36N6O/c1-18(2)33-27(36)22-16-32-26(14-24(22)34-21-8-11-31-25(13-21)28(3,4)5)35-20-6-7-23-19(12-20)15-30-17-29(23)9-10-29/h6-8,11-14,16,18,30H,9-10,15,17H2,1-5H3,(H,33,36)(H2,31,32,34,35). The van der Waals surface area contributed by atoms with Crippen molar-refractivity contribution in [3.8, 4) is 0 Å². The molecule has 36 heavy (non-hydrogen) atoms. The molecule has 7 nitrogen and oxygen atoms in total.